The van der Waals surface area contributed by atoms with Crippen molar-refractivity contribution in [2.24, 2.45) is 0 Å². The van der Waals surface area contributed by atoms with Gasteiger partial charge in [0.2, 0.25) is 0 Å². The van der Waals surface area contributed by atoms with E-state index in [0.29, 0.717) is 28.1 Å². The number of carbonyl (C=O) groups excluding carboxylic acids is 2. The third kappa shape index (κ3) is 4.05. The van der Waals surface area contributed by atoms with E-state index in [1.165, 1.54) is 4.68 Å². The van der Waals surface area contributed by atoms with E-state index in [1.54, 1.807) is 6.07 Å². The number of anilines is 1. The van der Waals surface area contributed by atoms with Gasteiger partial charge in [-0.05, 0) is 75.9 Å². The molecule has 0 saturated carbocycles. The van der Waals surface area contributed by atoms with E-state index in [9.17, 15) is 9.59 Å². The molecule has 0 fully saturated rings. The van der Waals surface area contributed by atoms with Crippen LogP contribution in [0.15, 0.2) is 66.7 Å². The quantitative estimate of drug-likeness (QED) is 0.351. The summed E-state index contributed by atoms with van der Waals surface area (Å²) < 4.78 is 13.7. The van der Waals surface area contributed by atoms with E-state index in [1.807, 2.05) is 60.7 Å². The minimum absolute atomic E-state index is 0.220. The second kappa shape index (κ2) is 9.18. The number of carbonyl (C=O) groups is 2. The van der Waals surface area contributed by atoms with E-state index in [-0.39, 0.29) is 11.8 Å². The van der Waals surface area contributed by atoms with E-state index in [0.717, 1.165) is 40.5 Å². The zero-order valence-corrected chi connectivity index (χ0v) is 20.9. The van der Waals surface area contributed by atoms with Gasteiger partial charge >= 0.3 is 0 Å². The Labute approximate surface area is 215 Å². The second-order valence-corrected chi connectivity index (χ2v) is 9.68. The Hall–Kier alpha value is -3.08. The van der Waals surface area contributed by atoms with Crippen molar-refractivity contribution in [1.82, 2.24) is 9.78 Å². The van der Waals surface area contributed by atoms with Gasteiger partial charge < -0.3 is 14.8 Å². The van der Waals surface area contributed by atoms with Crippen LogP contribution in [0.3, 0.4) is 0 Å². The standard InChI is InChI=1S/C27H22IN3O4/c28-25-21-15-18(29-26(32)23-19-7-3-1-5-16(19)11-13-34-23)9-10-22(21)31(30-25)27(33)24-20-8-4-2-6-17(20)12-14-35-24/h1-10,15,23-24H,11-14H2,(H,29,32). The summed E-state index contributed by atoms with van der Waals surface area (Å²) >= 11 is 2.11. The molecule has 2 atom stereocenters. The lowest BCUT2D eigenvalue weighted by Gasteiger charge is -2.25. The summed E-state index contributed by atoms with van der Waals surface area (Å²) in [5, 5.41) is 8.27. The second-order valence-electron chi connectivity index (χ2n) is 8.66. The summed E-state index contributed by atoms with van der Waals surface area (Å²) in [6, 6.07) is 21.2. The Balaban J connectivity index is 1.28. The van der Waals surface area contributed by atoms with Gasteiger partial charge in [0.25, 0.3) is 11.8 Å². The molecule has 2 aliphatic rings. The summed E-state index contributed by atoms with van der Waals surface area (Å²) in [5.41, 5.74) is 5.34. The summed E-state index contributed by atoms with van der Waals surface area (Å²) in [7, 11) is 0. The molecule has 1 N–H and O–H groups in total. The van der Waals surface area contributed by atoms with Crippen LogP contribution in [0.2, 0.25) is 0 Å². The highest BCUT2D eigenvalue weighted by atomic mass is 127. The molecule has 1 aromatic heterocycles. The maximum absolute atomic E-state index is 13.5. The van der Waals surface area contributed by atoms with Crippen molar-refractivity contribution in [2.45, 2.75) is 25.0 Å². The van der Waals surface area contributed by atoms with Crippen molar-refractivity contribution < 1.29 is 19.1 Å². The van der Waals surface area contributed by atoms with Gasteiger partial charge in [-0.1, -0.05) is 48.5 Å². The van der Waals surface area contributed by atoms with Crippen molar-refractivity contribution in [3.63, 3.8) is 0 Å². The Morgan fingerprint density at radius 3 is 2.23 bits per heavy atom. The fraction of sp³-hybridized carbons (Fsp3) is 0.222. The fourth-order valence-electron chi connectivity index (χ4n) is 4.86. The van der Waals surface area contributed by atoms with Crippen molar-refractivity contribution >= 4 is 51.0 Å². The lowest BCUT2D eigenvalue weighted by atomic mass is 9.97. The molecule has 176 valence electrons. The molecule has 35 heavy (non-hydrogen) atoms. The van der Waals surface area contributed by atoms with Crippen LogP contribution in [0.4, 0.5) is 5.69 Å². The SMILES string of the molecule is O=C(Nc1ccc2c(c1)c(I)nn2C(=O)C1OCCc2ccccc21)C1OCCc2ccccc21. The Bertz CT molecular complexity index is 1460. The third-order valence-electron chi connectivity index (χ3n) is 6.56. The molecule has 8 heteroatoms. The number of aromatic nitrogens is 2. The molecule has 0 aliphatic carbocycles. The molecule has 4 aromatic rings. The Morgan fingerprint density at radius 1 is 0.886 bits per heavy atom. The number of nitrogens with one attached hydrogen (secondary N) is 1. The number of nitrogens with zero attached hydrogens (tertiary/aromatic N) is 2. The predicted molar refractivity (Wildman–Crippen MR) is 139 cm³/mol. The summed E-state index contributed by atoms with van der Waals surface area (Å²) in [6.45, 7) is 1.000. The van der Waals surface area contributed by atoms with Crippen molar-refractivity contribution in [3.05, 3.63) is 92.7 Å². The van der Waals surface area contributed by atoms with Crippen LogP contribution in [0, 0.1) is 3.70 Å². The van der Waals surface area contributed by atoms with Crippen LogP contribution in [0.25, 0.3) is 10.9 Å². The number of fused-ring (bicyclic) bond motifs is 3. The lowest BCUT2D eigenvalue weighted by molar-refractivity contribution is -0.128. The first-order valence-electron chi connectivity index (χ1n) is 11.5. The Kier molecular flexibility index (Phi) is 5.87. The van der Waals surface area contributed by atoms with Crippen LogP contribution in [0.5, 0.6) is 0 Å². The highest BCUT2D eigenvalue weighted by Gasteiger charge is 2.31. The molecule has 0 saturated heterocycles. The Morgan fingerprint density at radius 2 is 1.51 bits per heavy atom. The average molecular weight is 579 g/mol. The van der Waals surface area contributed by atoms with Gasteiger partial charge in [0.05, 0.1) is 18.7 Å². The number of hydrogen-bond donors (Lipinski definition) is 1. The minimum atomic E-state index is -0.693. The van der Waals surface area contributed by atoms with Crippen LogP contribution >= 0.6 is 22.6 Å². The van der Waals surface area contributed by atoms with E-state index < -0.39 is 12.2 Å². The number of ether oxygens (including phenoxy) is 2. The first-order chi connectivity index (χ1) is 17.1. The summed E-state index contributed by atoms with van der Waals surface area (Å²) in [4.78, 5) is 26.5. The van der Waals surface area contributed by atoms with Crippen LogP contribution in [-0.4, -0.2) is 34.8 Å². The third-order valence-corrected chi connectivity index (χ3v) is 7.36. The van der Waals surface area contributed by atoms with Gasteiger partial charge in [-0.25, -0.2) is 0 Å². The highest BCUT2D eigenvalue weighted by Crippen LogP contribution is 2.32. The maximum Gasteiger partial charge on any atom is 0.281 e. The number of amides is 1. The maximum atomic E-state index is 13.5. The normalized spacial score (nSPS) is 19.1. The van der Waals surface area contributed by atoms with Crippen molar-refractivity contribution in [1.29, 1.82) is 0 Å². The van der Waals surface area contributed by atoms with Gasteiger partial charge in [-0.2, -0.15) is 9.78 Å². The zero-order chi connectivity index (χ0) is 23.9. The topological polar surface area (TPSA) is 82.5 Å². The van der Waals surface area contributed by atoms with E-state index in [4.69, 9.17) is 9.47 Å². The van der Waals surface area contributed by atoms with Crippen LogP contribution in [0.1, 0.15) is 39.3 Å². The molecule has 2 unspecified atom stereocenters. The van der Waals surface area contributed by atoms with Gasteiger partial charge in [0.1, 0.15) is 3.70 Å². The first-order valence-corrected chi connectivity index (χ1v) is 12.6. The molecule has 2 aliphatic heterocycles. The van der Waals surface area contributed by atoms with Crippen molar-refractivity contribution in [2.75, 3.05) is 18.5 Å². The molecule has 0 spiro atoms. The highest BCUT2D eigenvalue weighted by molar-refractivity contribution is 14.1. The number of hydrogen-bond acceptors (Lipinski definition) is 5. The van der Waals surface area contributed by atoms with Crippen LogP contribution in [-0.2, 0) is 27.1 Å². The average Bonchev–Trinajstić information content (AvgIpc) is 3.23. The summed E-state index contributed by atoms with van der Waals surface area (Å²) in [5.74, 6) is -0.448. The van der Waals surface area contributed by atoms with Gasteiger partial charge in [-0.15, -0.1) is 0 Å². The molecule has 6 rings (SSSR count). The number of rotatable bonds is 3. The number of halogens is 1. The molecule has 3 aromatic carbocycles. The molecule has 3 heterocycles. The molecular formula is C27H22IN3O4. The van der Waals surface area contributed by atoms with Crippen LogP contribution < -0.4 is 5.32 Å². The minimum Gasteiger partial charge on any atom is -0.363 e. The largest absolute Gasteiger partial charge is 0.363 e. The molecule has 0 bridgehead atoms. The van der Waals surface area contributed by atoms with Gasteiger partial charge in [-0.3, -0.25) is 9.59 Å². The molecule has 0 radical (unpaired) electrons. The predicted octanol–water partition coefficient (Wildman–Crippen LogP) is 4.85. The van der Waals surface area contributed by atoms with E-state index >= 15 is 0 Å². The number of benzene rings is 3. The van der Waals surface area contributed by atoms with Gasteiger partial charge in [0, 0.05) is 11.1 Å². The fourth-order valence-corrected chi connectivity index (χ4v) is 5.50. The molecule has 1 amide bonds. The van der Waals surface area contributed by atoms with Crippen molar-refractivity contribution in [3.8, 4) is 0 Å². The zero-order valence-electron chi connectivity index (χ0n) is 18.7. The lowest BCUT2D eigenvalue weighted by Crippen LogP contribution is -2.28. The molecule has 7 nitrogen and oxygen atoms in total. The van der Waals surface area contributed by atoms with E-state index in [2.05, 4.69) is 33.0 Å². The first kappa shape index (κ1) is 22.4. The molecular weight excluding hydrogens is 557 g/mol. The smallest absolute Gasteiger partial charge is 0.281 e. The monoisotopic (exact) mass is 579 g/mol. The van der Waals surface area contributed by atoms with Gasteiger partial charge in [0.15, 0.2) is 12.2 Å². The summed E-state index contributed by atoms with van der Waals surface area (Å²) in [6.07, 6.45) is 0.242.